The van der Waals surface area contributed by atoms with Crippen LogP contribution in [0.15, 0.2) is 9.85 Å². The van der Waals surface area contributed by atoms with E-state index in [9.17, 15) is 9.90 Å². The van der Waals surface area contributed by atoms with Crippen molar-refractivity contribution in [1.82, 2.24) is 5.32 Å². The van der Waals surface area contributed by atoms with Crippen molar-refractivity contribution < 1.29 is 14.6 Å². The van der Waals surface area contributed by atoms with E-state index in [2.05, 4.69) is 21.2 Å². The third-order valence-electron chi connectivity index (χ3n) is 3.15. The molecule has 4 nitrogen and oxygen atoms in total. The normalized spacial score (nSPS) is 23.7. The Kier molecular flexibility index (Phi) is 4.64. The number of rotatable bonds is 3. The van der Waals surface area contributed by atoms with E-state index in [0.29, 0.717) is 10.6 Å². The van der Waals surface area contributed by atoms with Crippen LogP contribution in [0.4, 0.5) is 0 Å². The molecule has 0 radical (unpaired) electrons. The van der Waals surface area contributed by atoms with E-state index in [1.165, 1.54) is 11.3 Å². The molecule has 2 unspecified atom stereocenters. The first-order valence-electron chi connectivity index (χ1n) is 5.94. The minimum absolute atomic E-state index is 0.127. The van der Waals surface area contributed by atoms with Gasteiger partial charge in [0.05, 0.1) is 24.1 Å². The average Bonchev–Trinajstić information content (AvgIpc) is 2.73. The summed E-state index contributed by atoms with van der Waals surface area (Å²) < 4.78 is 5.93. The summed E-state index contributed by atoms with van der Waals surface area (Å²) >= 11 is 4.68. The van der Waals surface area contributed by atoms with Crippen LogP contribution >= 0.6 is 27.3 Å². The van der Waals surface area contributed by atoms with Gasteiger partial charge >= 0.3 is 0 Å². The van der Waals surface area contributed by atoms with Crippen LogP contribution in [0.5, 0.6) is 5.75 Å². The second-order valence-electron chi connectivity index (χ2n) is 4.38. The maximum absolute atomic E-state index is 12.1. The maximum Gasteiger partial charge on any atom is 0.261 e. The lowest BCUT2D eigenvalue weighted by Gasteiger charge is -2.28. The van der Waals surface area contributed by atoms with Gasteiger partial charge in [-0.1, -0.05) is 12.8 Å². The molecule has 0 saturated heterocycles. The van der Waals surface area contributed by atoms with E-state index < -0.39 is 6.10 Å². The number of halogens is 1. The molecule has 1 amide bonds. The largest absolute Gasteiger partial charge is 0.495 e. The monoisotopic (exact) mass is 333 g/mol. The number of methoxy groups -OCH3 is 1. The van der Waals surface area contributed by atoms with Crippen molar-refractivity contribution in [3.63, 3.8) is 0 Å². The number of ether oxygens (including phenoxy) is 1. The summed E-state index contributed by atoms with van der Waals surface area (Å²) in [7, 11) is 1.57. The molecule has 6 heteroatoms. The number of aliphatic hydroxyl groups is 1. The topological polar surface area (TPSA) is 58.6 Å². The molecule has 1 aliphatic rings. The summed E-state index contributed by atoms with van der Waals surface area (Å²) in [4.78, 5) is 12.6. The summed E-state index contributed by atoms with van der Waals surface area (Å²) in [6.07, 6.45) is 3.28. The Bertz CT molecular complexity index is 435. The minimum Gasteiger partial charge on any atom is -0.495 e. The van der Waals surface area contributed by atoms with Gasteiger partial charge in [0.25, 0.3) is 5.91 Å². The highest BCUT2D eigenvalue weighted by molar-refractivity contribution is 9.11. The Hall–Kier alpha value is -0.590. The molecule has 1 heterocycles. The quantitative estimate of drug-likeness (QED) is 0.893. The van der Waals surface area contributed by atoms with Gasteiger partial charge in [0.1, 0.15) is 9.54 Å². The van der Waals surface area contributed by atoms with Gasteiger partial charge in [-0.05, 0) is 28.8 Å². The molecule has 0 aliphatic heterocycles. The Morgan fingerprint density at radius 1 is 1.56 bits per heavy atom. The highest BCUT2D eigenvalue weighted by Gasteiger charge is 2.25. The first-order valence-corrected chi connectivity index (χ1v) is 7.55. The summed E-state index contributed by atoms with van der Waals surface area (Å²) in [5.41, 5.74) is 0. The molecule has 0 spiro atoms. The number of thiophene rings is 1. The molecule has 1 aliphatic carbocycles. The van der Waals surface area contributed by atoms with E-state index in [1.54, 1.807) is 13.2 Å². The Balaban J connectivity index is 2.02. The lowest BCUT2D eigenvalue weighted by molar-refractivity contribution is 0.0720. The molecule has 1 saturated carbocycles. The molecule has 18 heavy (non-hydrogen) atoms. The van der Waals surface area contributed by atoms with Gasteiger partial charge in [0, 0.05) is 6.07 Å². The second kappa shape index (κ2) is 6.04. The average molecular weight is 334 g/mol. The number of aliphatic hydroxyl groups excluding tert-OH is 1. The molecule has 0 bridgehead atoms. The van der Waals surface area contributed by atoms with E-state index in [1.807, 2.05) is 0 Å². The molecule has 0 aromatic carbocycles. The number of carbonyl (C=O) groups excluding carboxylic acids is 1. The van der Waals surface area contributed by atoms with Gasteiger partial charge in [-0.25, -0.2) is 0 Å². The highest BCUT2D eigenvalue weighted by Crippen LogP contribution is 2.34. The predicted octanol–water partition coefficient (Wildman–Crippen LogP) is 2.55. The van der Waals surface area contributed by atoms with Crippen LogP contribution in [0.3, 0.4) is 0 Å². The Morgan fingerprint density at radius 3 is 2.89 bits per heavy atom. The summed E-state index contributed by atoms with van der Waals surface area (Å²) in [5, 5.41) is 12.7. The van der Waals surface area contributed by atoms with Crippen molar-refractivity contribution in [2.24, 2.45) is 0 Å². The number of nitrogens with one attached hydrogen (secondary N) is 1. The lowest BCUT2D eigenvalue weighted by atomic mass is 9.92. The van der Waals surface area contributed by atoms with Crippen LogP contribution in [0, 0.1) is 0 Å². The van der Waals surface area contributed by atoms with Crippen molar-refractivity contribution >= 4 is 33.2 Å². The maximum atomic E-state index is 12.1. The van der Waals surface area contributed by atoms with Gasteiger partial charge in [-0.2, -0.15) is 0 Å². The van der Waals surface area contributed by atoms with E-state index in [0.717, 1.165) is 29.5 Å². The fraction of sp³-hybridized carbons (Fsp3) is 0.583. The Morgan fingerprint density at radius 2 is 2.28 bits per heavy atom. The van der Waals surface area contributed by atoms with Crippen molar-refractivity contribution in [2.75, 3.05) is 7.11 Å². The molecule has 1 aromatic rings. The minimum atomic E-state index is -0.423. The van der Waals surface area contributed by atoms with Crippen LogP contribution in [0.25, 0.3) is 0 Å². The van der Waals surface area contributed by atoms with Crippen LogP contribution in [-0.4, -0.2) is 30.3 Å². The second-order valence-corrected chi connectivity index (χ2v) is 6.75. The Labute approximate surface area is 118 Å². The fourth-order valence-electron chi connectivity index (χ4n) is 2.12. The summed E-state index contributed by atoms with van der Waals surface area (Å²) in [6, 6.07) is 1.58. The first kappa shape index (κ1) is 13.8. The van der Waals surface area contributed by atoms with E-state index in [-0.39, 0.29) is 11.9 Å². The number of carbonyl (C=O) groups is 1. The standard InChI is InChI=1S/C12H16BrNO3S/c1-17-9-6-10(18-11(9)13)12(16)14-7-4-2-3-5-8(7)15/h6-8,15H,2-5H2,1H3,(H,14,16). The van der Waals surface area contributed by atoms with Crippen LogP contribution in [-0.2, 0) is 0 Å². The predicted molar refractivity (Wildman–Crippen MR) is 74.3 cm³/mol. The van der Waals surface area contributed by atoms with Gasteiger partial charge in [0.2, 0.25) is 0 Å². The van der Waals surface area contributed by atoms with Crippen LogP contribution < -0.4 is 10.1 Å². The van der Waals surface area contributed by atoms with Gasteiger partial charge in [0.15, 0.2) is 0 Å². The van der Waals surface area contributed by atoms with Crippen molar-refractivity contribution in [1.29, 1.82) is 0 Å². The zero-order valence-corrected chi connectivity index (χ0v) is 12.5. The van der Waals surface area contributed by atoms with Gasteiger partial charge in [-0.3, -0.25) is 4.79 Å². The zero-order valence-electron chi connectivity index (χ0n) is 10.1. The van der Waals surface area contributed by atoms with Gasteiger partial charge in [-0.15, -0.1) is 11.3 Å². The SMILES string of the molecule is COc1cc(C(=O)NC2CCCCC2O)sc1Br. The molecule has 2 N–H and O–H groups in total. The number of amides is 1. The highest BCUT2D eigenvalue weighted by atomic mass is 79.9. The van der Waals surface area contributed by atoms with E-state index in [4.69, 9.17) is 4.74 Å². The molecular weight excluding hydrogens is 318 g/mol. The van der Waals surface area contributed by atoms with Crippen molar-refractivity contribution in [2.45, 2.75) is 37.8 Å². The van der Waals surface area contributed by atoms with Crippen LogP contribution in [0.2, 0.25) is 0 Å². The molecule has 1 fully saturated rings. The zero-order chi connectivity index (χ0) is 13.1. The lowest BCUT2D eigenvalue weighted by Crippen LogP contribution is -2.44. The number of hydrogen-bond donors (Lipinski definition) is 2. The van der Waals surface area contributed by atoms with Crippen molar-refractivity contribution in [3.8, 4) is 5.75 Å². The first-order chi connectivity index (χ1) is 8.61. The molecule has 2 atom stereocenters. The molecule has 1 aromatic heterocycles. The molecular formula is C12H16BrNO3S. The summed E-state index contributed by atoms with van der Waals surface area (Å²) in [5.74, 6) is 0.518. The fourth-order valence-corrected chi connectivity index (χ4v) is 3.68. The third kappa shape index (κ3) is 3.05. The smallest absolute Gasteiger partial charge is 0.261 e. The van der Waals surface area contributed by atoms with Crippen LogP contribution in [0.1, 0.15) is 35.4 Å². The van der Waals surface area contributed by atoms with Crippen molar-refractivity contribution in [3.05, 3.63) is 14.7 Å². The van der Waals surface area contributed by atoms with Gasteiger partial charge < -0.3 is 15.2 Å². The van der Waals surface area contributed by atoms with E-state index >= 15 is 0 Å². The number of hydrogen-bond acceptors (Lipinski definition) is 4. The molecule has 2 rings (SSSR count). The summed E-state index contributed by atoms with van der Waals surface area (Å²) in [6.45, 7) is 0. The third-order valence-corrected chi connectivity index (χ3v) is 4.93. The molecule has 100 valence electrons.